The van der Waals surface area contributed by atoms with Crippen molar-refractivity contribution in [3.63, 3.8) is 0 Å². The summed E-state index contributed by atoms with van der Waals surface area (Å²) in [5, 5.41) is 11.7. The Hall–Kier alpha value is -2.32. The molecule has 2 aromatic heterocycles. The molecule has 31 heavy (non-hydrogen) atoms. The topological polar surface area (TPSA) is 49.1 Å². The van der Waals surface area contributed by atoms with E-state index in [1.54, 1.807) is 6.07 Å². The summed E-state index contributed by atoms with van der Waals surface area (Å²) >= 11 is 0. The van der Waals surface area contributed by atoms with E-state index < -0.39 is 36.0 Å². The van der Waals surface area contributed by atoms with Crippen LogP contribution in [0.2, 0.25) is 0 Å². The molecule has 0 aliphatic carbocycles. The van der Waals surface area contributed by atoms with Gasteiger partial charge in [0.1, 0.15) is 17.1 Å². The number of alkyl halides is 3. The van der Waals surface area contributed by atoms with Gasteiger partial charge in [0.15, 0.2) is 18.9 Å². The molecule has 3 rings (SSSR count). The van der Waals surface area contributed by atoms with Gasteiger partial charge in [-0.3, -0.25) is 0 Å². The van der Waals surface area contributed by atoms with Crippen LogP contribution >= 0.6 is 0 Å². The summed E-state index contributed by atoms with van der Waals surface area (Å²) in [6.45, 7) is 4.21. The number of methoxy groups -OCH3 is 1. The van der Waals surface area contributed by atoms with Gasteiger partial charge in [-0.25, -0.2) is 4.39 Å². The molecule has 1 atom stereocenters. The normalized spacial score (nSPS) is 14.2. The van der Waals surface area contributed by atoms with Gasteiger partial charge in [-0.15, -0.1) is 0 Å². The maximum atomic E-state index is 14.0. The van der Waals surface area contributed by atoms with Gasteiger partial charge in [-0.05, 0) is 36.6 Å². The number of fused-ring (bicyclic) bond motifs is 1. The lowest BCUT2D eigenvalue weighted by Gasteiger charge is -2.36. The van der Waals surface area contributed by atoms with Crippen molar-refractivity contribution in [2.24, 2.45) is 0 Å². The summed E-state index contributed by atoms with van der Waals surface area (Å²) in [6.07, 6.45) is -2.55. The molecule has 170 valence electrons. The number of pyridine rings is 1. The average molecular weight is 461 g/mol. The summed E-state index contributed by atoms with van der Waals surface area (Å²) in [4.78, 5) is 3.08. The van der Waals surface area contributed by atoms with Crippen molar-refractivity contribution in [2.45, 2.75) is 50.9 Å². The smallest absolute Gasteiger partial charge is 0.423 e. The number of nitrogens with one attached hydrogen (secondary N) is 1. The van der Waals surface area contributed by atoms with Crippen LogP contribution in [0.4, 0.5) is 17.6 Å². The molecule has 0 radical (unpaired) electrons. The number of benzene rings is 1. The number of nitrogens with zero attached hydrogens (tertiary/aromatic N) is 1. The Morgan fingerprint density at radius 3 is 2.42 bits per heavy atom. The Balaban J connectivity index is 0.00000341. The Labute approximate surface area is 184 Å². The first-order chi connectivity index (χ1) is 13.8. The maximum Gasteiger partial charge on any atom is 0.423 e. The minimum absolute atomic E-state index is 0. The van der Waals surface area contributed by atoms with Crippen LogP contribution in [0, 0.1) is 12.7 Å². The number of halogens is 5. The predicted molar refractivity (Wildman–Crippen MR) is 105 cm³/mol. The van der Waals surface area contributed by atoms with Crippen LogP contribution in [0.25, 0.3) is 10.9 Å². The van der Waals surface area contributed by atoms with Crippen LogP contribution < -0.4 is 21.7 Å². The molecule has 0 aliphatic heterocycles. The molecule has 0 fully saturated rings. The fraction of sp³-hybridized carbons (Fsp3) is 0.409. The first-order valence-electron chi connectivity index (χ1n) is 9.46. The minimum atomic E-state index is -4.90. The van der Waals surface area contributed by atoms with Crippen LogP contribution in [0.1, 0.15) is 31.5 Å². The number of ether oxygens (including phenoxy) is 1. The van der Waals surface area contributed by atoms with E-state index in [1.807, 2.05) is 13.0 Å². The second kappa shape index (κ2) is 8.67. The highest BCUT2D eigenvalue weighted by atomic mass is 35.5. The third-order valence-electron chi connectivity index (χ3n) is 5.35. The van der Waals surface area contributed by atoms with Crippen LogP contribution in [0.15, 0.2) is 42.7 Å². The van der Waals surface area contributed by atoms with E-state index in [9.17, 15) is 22.7 Å². The molecule has 0 spiro atoms. The third-order valence-corrected chi connectivity index (χ3v) is 5.35. The lowest BCUT2D eigenvalue weighted by molar-refractivity contribution is -0.715. The Bertz CT molecular complexity index is 1070. The first-order valence-corrected chi connectivity index (χ1v) is 9.46. The molecule has 0 saturated heterocycles. The molecule has 9 heteroatoms. The summed E-state index contributed by atoms with van der Waals surface area (Å²) in [5.74, 6) is -0.321. The number of hydrogen-bond acceptors (Lipinski definition) is 2. The lowest BCUT2D eigenvalue weighted by atomic mass is 9.74. The third kappa shape index (κ3) is 5.13. The van der Waals surface area contributed by atoms with Crippen LogP contribution in [-0.2, 0) is 12.0 Å². The average Bonchev–Trinajstić information content (AvgIpc) is 2.99. The monoisotopic (exact) mass is 460 g/mol. The molecule has 4 nitrogen and oxygen atoms in total. The van der Waals surface area contributed by atoms with E-state index in [-0.39, 0.29) is 23.7 Å². The molecule has 1 unspecified atom stereocenters. The number of aryl methyl sites for hydroxylation is 1. The quantitative estimate of drug-likeness (QED) is 0.433. The highest BCUT2D eigenvalue weighted by Gasteiger charge is 2.59. The Morgan fingerprint density at radius 2 is 1.81 bits per heavy atom. The molecule has 2 heterocycles. The number of rotatable bonds is 6. The van der Waals surface area contributed by atoms with Gasteiger partial charge in [-0.2, -0.15) is 17.7 Å². The van der Waals surface area contributed by atoms with Crippen LogP contribution in [0.5, 0.6) is 5.75 Å². The molecular formula is C22H25ClF4N2O2. The van der Waals surface area contributed by atoms with Crippen molar-refractivity contribution < 1.29 is 44.4 Å². The van der Waals surface area contributed by atoms with E-state index in [0.717, 1.165) is 17.1 Å². The van der Waals surface area contributed by atoms with E-state index in [2.05, 4.69) is 4.98 Å². The van der Waals surface area contributed by atoms with Crippen molar-refractivity contribution >= 4 is 10.9 Å². The van der Waals surface area contributed by atoms with Crippen LogP contribution in [-0.4, -0.2) is 29.0 Å². The van der Waals surface area contributed by atoms with E-state index in [4.69, 9.17) is 4.74 Å². The van der Waals surface area contributed by atoms with Crippen LogP contribution in [0.3, 0.4) is 0 Å². The predicted octanol–water partition coefficient (Wildman–Crippen LogP) is 1.58. The second-order valence-corrected chi connectivity index (χ2v) is 8.37. The van der Waals surface area contributed by atoms with Gasteiger partial charge in [0.25, 0.3) is 0 Å². The van der Waals surface area contributed by atoms with E-state index in [1.165, 1.54) is 50.1 Å². The molecule has 2 N–H and O–H groups in total. The minimum Gasteiger partial charge on any atom is -1.00 e. The molecule has 0 amide bonds. The SMILES string of the molecule is COc1ccc(F)cc1C(C)(C)CC(O)(C[n+]1ccc2cc(C)[nH]c2c1)C(F)(F)F.[Cl-]. The number of aromatic amines is 1. The molecule has 0 saturated carbocycles. The summed E-state index contributed by atoms with van der Waals surface area (Å²) in [7, 11) is 1.37. The molecule has 0 bridgehead atoms. The van der Waals surface area contributed by atoms with Gasteiger partial charge in [0.05, 0.1) is 7.11 Å². The largest absolute Gasteiger partial charge is 1.00 e. The van der Waals surface area contributed by atoms with Gasteiger partial charge < -0.3 is 27.2 Å². The van der Waals surface area contributed by atoms with Gasteiger partial charge in [0.2, 0.25) is 5.60 Å². The summed E-state index contributed by atoms with van der Waals surface area (Å²) in [5.41, 5.74) is -2.47. The summed E-state index contributed by atoms with van der Waals surface area (Å²) in [6, 6.07) is 7.27. The Kier molecular flexibility index (Phi) is 6.97. The first kappa shape index (κ1) is 24.9. The van der Waals surface area contributed by atoms with Crippen molar-refractivity contribution in [1.82, 2.24) is 4.98 Å². The molecule has 0 aliphatic rings. The van der Waals surface area contributed by atoms with Crippen molar-refractivity contribution in [1.29, 1.82) is 0 Å². The zero-order valence-electron chi connectivity index (χ0n) is 17.6. The number of aliphatic hydroxyl groups is 1. The maximum absolute atomic E-state index is 14.0. The molecular weight excluding hydrogens is 436 g/mol. The fourth-order valence-corrected chi connectivity index (χ4v) is 3.94. The Morgan fingerprint density at radius 1 is 1.13 bits per heavy atom. The summed E-state index contributed by atoms with van der Waals surface area (Å²) < 4.78 is 62.5. The zero-order valence-corrected chi connectivity index (χ0v) is 18.4. The fourth-order valence-electron chi connectivity index (χ4n) is 3.94. The number of aromatic nitrogens is 2. The van der Waals surface area contributed by atoms with Crippen molar-refractivity contribution in [3.8, 4) is 5.75 Å². The second-order valence-electron chi connectivity index (χ2n) is 8.37. The van der Waals surface area contributed by atoms with Crippen molar-refractivity contribution in [2.75, 3.05) is 7.11 Å². The molecule has 1 aromatic carbocycles. The standard InChI is InChI=1S/C22H24F4N2O2.ClH/c1-14-9-15-7-8-28(11-18(15)27-14)13-21(29,22(24,25)26)12-20(2,3)17-10-16(23)5-6-19(17)30-4;/h5-11,29H,12-13H2,1-4H3;1H. The zero-order chi connectivity index (χ0) is 22.3. The molecule has 3 aromatic rings. The van der Waals surface area contributed by atoms with Gasteiger partial charge >= 0.3 is 6.18 Å². The highest BCUT2D eigenvalue weighted by molar-refractivity contribution is 5.78. The lowest BCUT2D eigenvalue weighted by Crippen LogP contribution is -3.00. The highest BCUT2D eigenvalue weighted by Crippen LogP contribution is 2.43. The van der Waals surface area contributed by atoms with E-state index in [0.29, 0.717) is 5.52 Å². The van der Waals surface area contributed by atoms with Crippen molar-refractivity contribution in [3.05, 3.63) is 59.8 Å². The van der Waals surface area contributed by atoms with Gasteiger partial charge in [0, 0.05) is 29.1 Å². The van der Waals surface area contributed by atoms with E-state index >= 15 is 0 Å². The van der Waals surface area contributed by atoms with Gasteiger partial charge in [-0.1, -0.05) is 13.8 Å². The number of hydrogen-bond donors (Lipinski definition) is 2. The number of H-pyrrole nitrogens is 1.